The predicted molar refractivity (Wildman–Crippen MR) is 77.0 cm³/mol. The molecule has 1 aromatic heterocycles. The third-order valence-corrected chi connectivity index (χ3v) is 2.94. The van der Waals surface area contributed by atoms with Crippen molar-refractivity contribution in [2.75, 3.05) is 5.32 Å². The molecule has 0 spiro atoms. The fourth-order valence-corrected chi connectivity index (χ4v) is 1.98. The smallest absolute Gasteiger partial charge is 0.342 e. The number of hydrogen-bond acceptors (Lipinski definition) is 5. The molecule has 0 unspecified atom stereocenters. The Labute approximate surface area is 120 Å². The van der Waals surface area contributed by atoms with Gasteiger partial charge in [0.2, 0.25) is 0 Å². The number of hydrogen-bond donors (Lipinski definition) is 2. The number of nitrogens with zero attached hydrogens (tertiary/aromatic N) is 2. The topological polar surface area (TPSA) is 105 Å². The molecule has 108 valence electrons. The molecule has 2 rings (SSSR count). The molecule has 2 N–H and O–H groups in total. The number of nitro benzene ring substituents is 1. The maximum absolute atomic E-state index is 11.2. The van der Waals surface area contributed by atoms with Crippen LogP contribution >= 0.6 is 0 Å². The van der Waals surface area contributed by atoms with Gasteiger partial charge in [0.25, 0.3) is 0 Å². The van der Waals surface area contributed by atoms with Gasteiger partial charge in [-0.3, -0.25) is 15.1 Å². The Kier molecular flexibility index (Phi) is 3.84. The quantitative estimate of drug-likeness (QED) is 0.661. The van der Waals surface area contributed by atoms with Crippen molar-refractivity contribution >= 4 is 23.0 Å². The third kappa shape index (κ3) is 2.97. The van der Waals surface area contributed by atoms with Crippen molar-refractivity contribution in [3.8, 4) is 0 Å². The Morgan fingerprint density at radius 1 is 1.24 bits per heavy atom. The summed E-state index contributed by atoms with van der Waals surface area (Å²) in [6.45, 7) is 3.60. The lowest BCUT2D eigenvalue weighted by Crippen LogP contribution is -2.06. The van der Waals surface area contributed by atoms with Crippen LogP contribution in [0.4, 0.5) is 17.1 Å². The number of aryl methyl sites for hydroxylation is 2. The van der Waals surface area contributed by atoms with E-state index in [1.807, 2.05) is 6.92 Å². The van der Waals surface area contributed by atoms with Crippen LogP contribution in [0.25, 0.3) is 0 Å². The zero-order valence-electron chi connectivity index (χ0n) is 11.5. The first kappa shape index (κ1) is 14.4. The number of para-hydroxylation sites is 1. The fraction of sp³-hybridized carbons (Fsp3) is 0.143. The van der Waals surface area contributed by atoms with E-state index in [0.717, 1.165) is 5.69 Å². The van der Waals surface area contributed by atoms with Crippen LogP contribution < -0.4 is 5.32 Å². The van der Waals surface area contributed by atoms with Gasteiger partial charge in [0.15, 0.2) is 0 Å². The summed E-state index contributed by atoms with van der Waals surface area (Å²) in [5, 5.41) is 23.1. The summed E-state index contributed by atoms with van der Waals surface area (Å²) in [7, 11) is 0. The molecule has 7 nitrogen and oxygen atoms in total. The molecule has 0 fully saturated rings. The molecule has 0 amide bonds. The van der Waals surface area contributed by atoms with E-state index >= 15 is 0 Å². The SMILES string of the molecule is Cc1ccc(Nc2cccc(C(=O)O)c2[N+](=O)[O-])c(C)n1. The molecule has 0 saturated carbocycles. The second-order valence-electron chi connectivity index (χ2n) is 4.47. The van der Waals surface area contributed by atoms with Gasteiger partial charge < -0.3 is 10.4 Å². The number of nitrogens with one attached hydrogen (secondary N) is 1. The average Bonchev–Trinajstić information content (AvgIpc) is 2.41. The standard InChI is InChI=1S/C14H13N3O4/c1-8-6-7-11(9(2)15-8)16-12-5-3-4-10(14(18)19)13(12)17(20)21/h3-7,16H,1-2H3,(H,18,19). The Balaban J connectivity index is 2.51. The van der Waals surface area contributed by atoms with Gasteiger partial charge in [-0.15, -0.1) is 0 Å². The van der Waals surface area contributed by atoms with Gasteiger partial charge >= 0.3 is 11.7 Å². The number of nitro groups is 1. The van der Waals surface area contributed by atoms with Crippen LogP contribution in [0, 0.1) is 24.0 Å². The minimum absolute atomic E-state index is 0.119. The van der Waals surface area contributed by atoms with Crippen LogP contribution in [0.3, 0.4) is 0 Å². The Bertz CT molecular complexity index is 728. The lowest BCUT2D eigenvalue weighted by Gasteiger charge is -2.11. The van der Waals surface area contributed by atoms with Gasteiger partial charge in [0, 0.05) is 5.69 Å². The number of carboxylic acids is 1. The first-order valence-electron chi connectivity index (χ1n) is 6.12. The van der Waals surface area contributed by atoms with Crippen LogP contribution in [0.2, 0.25) is 0 Å². The van der Waals surface area contributed by atoms with Gasteiger partial charge in [0.05, 0.1) is 16.3 Å². The molecule has 0 aliphatic rings. The van der Waals surface area contributed by atoms with Crippen molar-refractivity contribution in [3.63, 3.8) is 0 Å². The van der Waals surface area contributed by atoms with Crippen molar-refractivity contribution in [2.24, 2.45) is 0 Å². The molecule has 0 saturated heterocycles. The highest BCUT2D eigenvalue weighted by atomic mass is 16.6. The number of aromatic nitrogens is 1. The third-order valence-electron chi connectivity index (χ3n) is 2.94. The van der Waals surface area contributed by atoms with Gasteiger partial charge in [-0.25, -0.2) is 4.79 Å². The van der Waals surface area contributed by atoms with E-state index in [1.54, 1.807) is 19.1 Å². The lowest BCUT2D eigenvalue weighted by atomic mass is 10.1. The molecular formula is C14H13N3O4. The maximum Gasteiger partial charge on any atom is 0.342 e. The minimum Gasteiger partial charge on any atom is -0.477 e. The second kappa shape index (κ2) is 5.58. The van der Waals surface area contributed by atoms with Gasteiger partial charge in [-0.05, 0) is 38.1 Å². The van der Waals surface area contributed by atoms with Crippen LogP contribution in [0.15, 0.2) is 30.3 Å². The Hall–Kier alpha value is -2.96. The van der Waals surface area contributed by atoms with E-state index in [4.69, 9.17) is 5.11 Å². The lowest BCUT2D eigenvalue weighted by molar-refractivity contribution is -0.384. The zero-order valence-corrected chi connectivity index (χ0v) is 11.5. The highest BCUT2D eigenvalue weighted by Gasteiger charge is 2.24. The molecule has 21 heavy (non-hydrogen) atoms. The van der Waals surface area contributed by atoms with Crippen LogP contribution in [0.5, 0.6) is 0 Å². The van der Waals surface area contributed by atoms with Crippen molar-refractivity contribution in [1.82, 2.24) is 4.98 Å². The molecule has 0 bridgehead atoms. The number of anilines is 2. The summed E-state index contributed by atoms with van der Waals surface area (Å²) in [6, 6.07) is 7.63. The van der Waals surface area contributed by atoms with Crippen LogP contribution in [0.1, 0.15) is 21.7 Å². The van der Waals surface area contributed by atoms with E-state index in [-0.39, 0.29) is 11.3 Å². The number of carboxylic acid groups (broad SMARTS) is 1. The van der Waals surface area contributed by atoms with E-state index in [9.17, 15) is 14.9 Å². The molecule has 1 aromatic carbocycles. The highest BCUT2D eigenvalue weighted by molar-refractivity contribution is 5.96. The van der Waals surface area contributed by atoms with Gasteiger partial charge in [-0.1, -0.05) is 6.07 Å². The predicted octanol–water partition coefficient (Wildman–Crippen LogP) is 3.05. The summed E-state index contributed by atoms with van der Waals surface area (Å²) < 4.78 is 0. The van der Waals surface area contributed by atoms with E-state index in [0.29, 0.717) is 11.4 Å². The number of rotatable bonds is 4. The fourth-order valence-electron chi connectivity index (χ4n) is 1.98. The van der Waals surface area contributed by atoms with Crippen LogP contribution in [-0.4, -0.2) is 21.0 Å². The minimum atomic E-state index is -1.34. The summed E-state index contributed by atoms with van der Waals surface area (Å²) in [5.74, 6) is -1.34. The summed E-state index contributed by atoms with van der Waals surface area (Å²) in [5.41, 5.74) is 1.38. The van der Waals surface area contributed by atoms with Crippen molar-refractivity contribution in [3.05, 3.63) is 57.4 Å². The molecule has 2 aromatic rings. The molecule has 0 aliphatic carbocycles. The normalized spacial score (nSPS) is 10.2. The van der Waals surface area contributed by atoms with Crippen molar-refractivity contribution in [1.29, 1.82) is 0 Å². The summed E-state index contributed by atoms with van der Waals surface area (Å²) in [4.78, 5) is 25.8. The molecule has 0 radical (unpaired) electrons. The molecule has 1 heterocycles. The largest absolute Gasteiger partial charge is 0.477 e. The van der Waals surface area contributed by atoms with Crippen molar-refractivity contribution in [2.45, 2.75) is 13.8 Å². The Morgan fingerprint density at radius 2 is 1.95 bits per heavy atom. The van der Waals surface area contributed by atoms with E-state index < -0.39 is 16.6 Å². The number of benzene rings is 1. The van der Waals surface area contributed by atoms with Crippen molar-refractivity contribution < 1.29 is 14.8 Å². The average molecular weight is 287 g/mol. The van der Waals surface area contributed by atoms with Gasteiger partial charge in [0.1, 0.15) is 11.3 Å². The summed E-state index contributed by atoms with van der Waals surface area (Å²) >= 11 is 0. The molecule has 0 atom stereocenters. The van der Waals surface area contributed by atoms with E-state index in [2.05, 4.69) is 10.3 Å². The van der Waals surface area contributed by atoms with Crippen LogP contribution in [-0.2, 0) is 0 Å². The maximum atomic E-state index is 11.2. The first-order chi connectivity index (χ1) is 9.90. The Morgan fingerprint density at radius 3 is 2.52 bits per heavy atom. The number of aromatic carboxylic acids is 1. The summed E-state index contributed by atoms with van der Waals surface area (Å²) in [6.07, 6.45) is 0. The highest BCUT2D eigenvalue weighted by Crippen LogP contribution is 2.31. The number of pyridine rings is 1. The van der Waals surface area contributed by atoms with E-state index in [1.165, 1.54) is 18.2 Å². The van der Waals surface area contributed by atoms with Gasteiger partial charge in [-0.2, -0.15) is 0 Å². The zero-order chi connectivity index (χ0) is 15.6. The molecular weight excluding hydrogens is 274 g/mol. The molecule has 0 aliphatic heterocycles. The second-order valence-corrected chi connectivity index (χ2v) is 4.47. The monoisotopic (exact) mass is 287 g/mol. The first-order valence-corrected chi connectivity index (χ1v) is 6.12. The number of carbonyl (C=O) groups is 1. The molecule has 7 heteroatoms.